The molecule has 1 aromatic heterocycles. The van der Waals surface area contributed by atoms with Crippen molar-refractivity contribution in [1.82, 2.24) is 9.97 Å². The fourth-order valence-electron chi connectivity index (χ4n) is 0.985. The second-order valence-electron chi connectivity index (χ2n) is 2.34. The number of aromatic amines is 2. The zero-order valence-corrected chi connectivity index (χ0v) is 6.52. The second kappa shape index (κ2) is 2.74. The lowest BCUT2D eigenvalue weighted by Gasteiger charge is -1.92. The molecule has 0 unspecified atom stereocenters. The summed E-state index contributed by atoms with van der Waals surface area (Å²) in [4.78, 5) is 26.5. The lowest BCUT2D eigenvalue weighted by atomic mass is 10.2. The number of carbonyl (C=O) groups is 1. The van der Waals surface area contributed by atoms with Crippen LogP contribution in [0.2, 0.25) is 0 Å². The molecule has 1 aromatic rings. The molecule has 2 N–H and O–H groups in total. The maximum atomic E-state index is 10.8. The minimum absolute atomic E-state index is 0.111. The Hall–Kier alpha value is -1.32. The average molecular weight is 154 g/mol. The third-order valence-corrected chi connectivity index (χ3v) is 1.51. The normalized spacial score (nSPS) is 10.0. The molecule has 0 radical (unpaired) electrons. The lowest BCUT2D eigenvalue weighted by molar-refractivity contribution is 0.101. The van der Waals surface area contributed by atoms with Gasteiger partial charge in [0.1, 0.15) is 5.69 Å². The quantitative estimate of drug-likeness (QED) is 0.608. The molecule has 0 saturated heterocycles. The lowest BCUT2D eigenvalue weighted by Crippen LogP contribution is -2.02. The van der Waals surface area contributed by atoms with Gasteiger partial charge >= 0.3 is 5.69 Å². The van der Waals surface area contributed by atoms with Crippen molar-refractivity contribution in [3.05, 3.63) is 21.9 Å². The van der Waals surface area contributed by atoms with E-state index in [0.29, 0.717) is 17.8 Å². The first-order valence-corrected chi connectivity index (χ1v) is 3.47. The Kier molecular flexibility index (Phi) is 1.94. The van der Waals surface area contributed by atoms with E-state index in [2.05, 4.69) is 9.97 Å². The molecular weight excluding hydrogens is 144 g/mol. The first-order chi connectivity index (χ1) is 5.15. The van der Waals surface area contributed by atoms with E-state index in [-0.39, 0.29) is 11.5 Å². The van der Waals surface area contributed by atoms with E-state index in [1.165, 1.54) is 6.92 Å². The number of carbonyl (C=O) groups excluding carboxylic acids is 1. The predicted octanol–water partition coefficient (Wildman–Crippen LogP) is 0.468. The molecule has 4 heteroatoms. The van der Waals surface area contributed by atoms with Crippen LogP contribution in [0.3, 0.4) is 0 Å². The Morgan fingerprint density at radius 1 is 1.45 bits per heavy atom. The number of hydrogen-bond acceptors (Lipinski definition) is 2. The van der Waals surface area contributed by atoms with Crippen molar-refractivity contribution in [2.24, 2.45) is 0 Å². The largest absolute Gasteiger partial charge is 0.323 e. The summed E-state index contributed by atoms with van der Waals surface area (Å²) in [5.74, 6) is -0.111. The number of hydrogen-bond donors (Lipinski definition) is 2. The molecule has 0 saturated carbocycles. The number of ketones is 1. The van der Waals surface area contributed by atoms with Gasteiger partial charge in [-0.25, -0.2) is 4.79 Å². The molecule has 0 aliphatic rings. The van der Waals surface area contributed by atoms with Crippen molar-refractivity contribution in [3.8, 4) is 0 Å². The summed E-state index contributed by atoms with van der Waals surface area (Å²) in [6, 6.07) is 0. The molecule has 4 nitrogen and oxygen atoms in total. The van der Waals surface area contributed by atoms with E-state index in [9.17, 15) is 9.59 Å². The smallest absolute Gasteiger partial charge is 0.309 e. The van der Waals surface area contributed by atoms with E-state index in [0.717, 1.165) is 0 Å². The van der Waals surface area contributed by atoms with Crippen molar-refractivity contribution in [3.63, 3.8) is 0 Å². The maximum absolute atomic E-state index is 10.8. The number of rotatable bonds is 2. The average Bonchev–Trinajstić information content (AvgIpc) is 2.30. The number of H-pyrrole nitrogens is 2. The highest BCUT2D eigenvalue weighted by Crippen LogP contribution is 2.00. The van der Waals surface area contributed by atoms with Gasteiger partial charge in [0.25, 0.3) is 0 Å². The van der Waals surface area contributed by atoms with E-state index < -0.39 is 0 Å². The molecular formula is C7H10N2O2. The third-order valence-electron chi connectivity index (χ3n) is 1.51. The Morgan fingerprint density at radius 2 is 2.09 bits per heavy atom. The van der Waals surface area contributed by atoms with Gasteiger partial charge in [0.2, 0.25) is 0 Å². The fraction of sp³-hybridized carbons (Fsp3) is 0.429. The predicted molar refractivity (Wildman–Crippen MR) is 40.8 cm³/mol. The third kappa shape index (κ3) is 1.39. The summed E-state index contributed by atoms with van der Waals surface area (Å²) in [6.45, 7) is 3.31. The van der Waals surface area contributed by atoms with Gasteiger partial charge in [-0.1, -0.05) is 6.92 Å². The Bertz CT molecular complexity index is 321. The highest BCUT2D eigenvalue weighted by Gasteiger charge is 2.08. The van der Waals surface area contributed by atoms with Crippen LogP contribution in [-0.4, -0.2) is 15.8 Å². The molecule has 0 aromatic carbocycles. The SMILES string of the molecule is CCc1[nH]c(=O)[nH]c1C(C)=O. The van der Waals surface area contributed by atoms with Gasteiger partial charge < -0.3 is 9.97 Å². The minimum atomic E-state index is -0.313. The topological polar surface area (TPSA) is 65.7 Å². The van der Waals surface area contributed by atoms with Crippen LogP contribution < -0.4 is 5.69 Å². The summed E-state index contributed by atoms with van der Waals surface area (Å²) in [7, 11) is 0. The second-order valence-corrected chi connectivity index (χ2v) is 2.34. The summed E-state index contributed by atoms with van der Waals surface area (Å²) in [5.41, 5.74) is 0.770. The van der Waals surface area contributed by atoms with Crippen LogP contribution in [0.15, 0.2) is 4.79 Å². The molecule has 0 atom stereocenters. The highest BCUT2D eigenvalue weighted by atomic mass is 16.1. The Morgan fingerprint density at radius 3 is 2.45 bits per heavy atom. The molecule has 0 amide bonds. The number of aryl methyl sites for hydroxylation is 1. The number of aromatic nitrogens is 2. The van der Waals surface area contributed by atoms with E-state index >= 15 is 0 Å². The van der Waals surface area contributed by atoms with Gasteiger partial charge in [-0.15, -0.1) is 0 Å². The Labute approximate surface area is 63.6 Å². The van der Waals surface area contributed by atoms with Crippen LogP contribution in [0, 0.1) is 0 Å². The zero-order valence-electron chi connectivity index (χ0n) is 6.52. The van der Waals surface area contributed by atoms with Crippen LogP contribution in [0.4, 0.5) is 0 Å². The number of nitrogens with one attached hydrogen (secondary N) is 2. The van der Waals surface area contributed by atoms with E-state index in [1.807, 2.05) is 6.92 Å². The van der Waals surface area contributed by atoms with Crippen molar-refractivity contribution in [2.45, 2.75) is 20.3 Å². The first kappa shape index (κ1) is 7.78. The molecule has 0 aliphatic carbocycles. The molecule has 0 bridgehead atoms. The van der Waals surface area contributed by atoms with Crippen molar-refractivity contribution in [1.29, 1.82) is 0 Å². The number of imidazole rings is 1. The van der Waals surface area contributed by atoms with Crippen molar-refractivity contribution in [2.75, 3.05) is 0 Å². The van der Waals surface area contributed by atoms with Gasteiger partial charge in [0.15, 0.2) is 5.78 Å². The molecule has 1 rings (SSSR count). The summed E-state index contributed by atoms with van der Waals surface area (Å²) in [6.07, 6.45) is 0.660. The van der Waals surface area contributed by atoms with Crippen LogP contribution in [0.5, 0.6) is 0 Å². The van der Waals surface area contributed by atoms with Gasteiger partial charge in [-0.05, 0) is 6.42 Å². The minimum Gasteiger partial charge on any atom is -0.309 e. The molecule has 0 fully saturated rings. The molecule has 0 spiro atoms. The van der Waals surface area contributed by atoms with Crippen LogP contribution >= 0.6 is 0 Å². The van der Waals surface area contributed by atoms with Gasteiger partial charge in [0, 0.05) is 12.6 Å². The zero-order chi connectivity index (χ0) is 8.43. The van der Waals surface area contributed by atoms with Gasteiger partial charge in [-0.3, -0.25) is 4.79 Å². The van der Waals surface area contributed by atoms with Gasteiger partial charge in [0.05, 0.1) is 0 Å². The highest BCUT2D eigenvalue weighted by molar-refractivity contribution is 5.93. The molecule has 11 heavy (non-hydrogen) atoms. The number of Topliss-reactive ketones (excluding diaryl/α,β-unsaturated/α-hetero) is 1. The van der Waals surface area contributed by atoms with Crippen LogP contribution in [-0.2, 0) is 6.42 Å². The molecule has 0 aliphatic heterocycles. The van der Waals surface area contributed by atoms with Crippen molar-refractivity contribution >= 4 is 5.78 Å². The monoisotopic (exact) mass is 154 g/mol. The maximum Gasteiger partial charge on any atom is 0.323 e. The fourth-order valence-corrected chi connectivity index (χ4v) is 0.985. The molecule has 60 valence electrons. The standard InChI is InChI=1S/C7H10N2O2/c1-3-5-6(4(2)10)9-7(11)8-5/h3H2,1-2H3,(H2,8,9,11). The first-order valence-electron chi connectivity index (χ1n) is 3.47. The molecule has 1 heterocycles. The van der Waals surface area contributed by atoms with Crippen molar-refractivity contribution < 1.29 is 4.79 Å². The summed E-state index contributed by atoms with van der Waals surface area (Å²) < 4.78 is 0. The summed E-state index contributed by atoms with van der Waals surface area (Å²) >= 11 is 0. The Balaban J connectivity index is 3.23. The van der Waals surface area contributed by atoms with E-state index in [1.54, 1.807) is 0 Å². The van der Waals surface area contributed by atoms with Crippen LogP contribution in [0.25, 0.3) is 0 Å². The van der Waals surface area contributed by atoms with Gasteiger partial charge in [-0.2, -0.15) is 0 Å². The van der Waals surface area contributed by atoms with E-state index in [4.69, 9.17) is 0 Å². The summed E-state index contributed by atoms with van der Waals surface area (Å²) in [5, 5.41) is 0. The van der Waals surface area contributed by atoms with Crippen LogP contribution in [0.1, 0.15) is 30.0 Å².